The second-order valence-electron chi connectivity index (χ2n) is 6.15. The summed E-state index contributed by atoms with van der Waals surface area (Å²) in [5, 5.41) is 8.55. The molecule has 6 heteroatoms. The van der Waals surface area contributed by atoms with Crippen molar-refractivity contribution in [3.05, 3.63) is 70.2 Å². The third kappa shape index (κ3) is 2.71. The first-order chi connectivity index (χ1) is 11.6. The van der Waals surface area contributed by atoms with Gasteiger partial charge >= 0.3 is 0 Å². The van der Waals surface area contributed by atoms with Crippen LogP contribution in [0.2, 0.25) is 5.02 Å². The van der Waals surface area contributed by atoms with Crippen molar-refractivity contribution in [2.75, 3.05) is 11.1 Å². The lowest BCUT2D eigenvalue weighted by molar-refractivity contribution is 0.431. The number of nitrogens with two attached hydrogens (primary N) is 1. The van der Waals surface area contributed by atoms with E-state index >= 15 is 0 Å². The van der Waals surface area contributed by atoms with Gasteiger partial charge in [-0.05, 0) is 36.6 Å². The highest BCUT2D eigenvalue weighted by Gasteiger charge is 2.30. The molecule has 3 aromatic rings. The molecule has 5 nitrogen and oxygen atoms in total. The second-order valence-corrected chi connectivity index (χ2v) is 6.59. The predicted octanol–water partition coefficient (Wildman–Crippen LogP) is 3.97. The SMILES string of the molecule is Cc1cccc([C@H]2C[C@H](c3ccc(Cl)cc3)Nc3nc(N)nn32)c1. The first kappa shape index (κ1) is 15.0. The Morgan fingerprint density at radius 3 is 2.71 bits per heavy atom. The quantitative estimate of drug-likeness (QED) is 0.741. The number of rotatable bonds is 2. The Hall–Kier alpha value is -2.53. The number of aromatic nitrogens is 3. The molecule has 0 saturated heterocycles. The number of fused-ring (bicyclic) bond motifs is 1. The molecule has 1 aliphatic heterocycles. The van der Waals surface area contributed by atoms with Crippen LogP contribution in [0.4, 0.5) is 11.9 Å². The first-order valence-corrected chi connectivity index (χ1v) is 8.28. The van der Waals surface area contributed by atoms with Gasteiger partial charge in [0.05, 0.1) is 12.1 Å². The predicted molar refractivity (Wildman–Crippen MR) is 96.2 cm³/mol. The molecule has 0 aliphatic carbocycles. The molecule has 2 atom stereocenters. The Morgan fingerprint density at radius 1 is 1.17 bits per heavy atom. The summed E-state index contributed by atoms with van der Waals surface area (Å²) < 4.78 is 1.89. The average molecular weight is 340 g/mol. The van der Waals surface area contributed by atoms with Crippen molar-refractivity contribution in [3.8, 4) is 0 Å². The van der Waals surface area contributed by atoms with Crippen LogP contribution in [0.1, 0.15) is 35.2 Å². The fraction of sp³-hybridized carbons (Fsp3) is 0.222. The van der Waals surface area contributed by atoms with Crippen LogP contribution in [0, 0.1) is 6.92 Å². The van der Waals surface area contributed by atoms with E-state index in [1.54, 1.807) is 0 Å². The number of benzene rings is 2. The summed E-state index contributed by atoms with van der Waals surface area (Å²) in [6.45, 7) is 2.10. The minimum Gasteiger partial charge on any atom is -0.366 e. The highest BCUT2D eigenvalue weighted by atomic mass is 35.5. The van der Waals surface area contributed by atoms with Crippen LogP contribution in [-0.4, -0.2) is 14.8 Å². The molecule has 2 aromatic carbocycles. The minimum absolute atomic E-state index is 0.0895. The van der Waals surface area contributed by atoms with Crippen molar-refractivity contribution in [1.29, 1.82) is 0 Å². The Balaban J connectivity index is 1.76. The van der Waals surface area contributed by atoms with Gasteiger partial charge in [-0.2, -0.15) is 4.98 Å². The molecule has 1 aromatic heterocycles. The molecule has 24 heavy (non-hydrogen) atoms. The van der Waals surface area contributed by atoms with E-state index in [9.17, 15) is 0 Å². The molecule has 1 aliphatic rings. The van der Waals surface area contributed by atoms with Crippen molar-refractivity contribution in [1.82, 2.24) is 14.8 Å². The third-order valence-electron chi connectivity index (χ3n) is 4.40. The van der Waals surface area contributed by atoms with Crippen molar-refractivity contribution < 1.29 is 0 Å². The summed E-state index contributed by atoms with van der Waals surface area (Å²) in [5.74, 6) is 0.983. The molecule has 0 fully saturated rings. The van der Waals surface area contributed by atoms with Gasteiger partial charge in [0.15, 0.2) is 0 Å². The van der Waals surface area contributed by atoms with Crippen LogP contribution in [0.5, 0.6) is 0 Å². The standard InChI is InChI=1S/C18H18ClN5/c1-11-3-2-4-13(9-11)16-10-15(12-5-7-14(19)8-6-12)21-18-22-17(20)23-24(16)18/h2-9,15-16H,10H2,1H3,(H3,20,21,22,23)/t15-,16-/m1/s1. The second kappa shape index (κ2) is 5.83. The Morgan fingerprint density at radius 2 is 1.96 bits per heavy atom. The number of hydrogen-bond donors (Lipinski definition) is 2. The van der Waals surface area contributed by atoms with Gasteiger partial charge in [-0.1, -0.05) is 53.6 Å². The van der Waals surface area contributed by atoms with Gasteiger partial charge in [0.1, 0.15) is 0 Å². The molecule has 0 bridgehead atoms. The fourth-order valence-corrected chi connectivity index (χ4v) is 3.39. The summed E-state index contributed by atoms with van der Waals surface area (Å²) in [4.78, 5) is 4.34. The normalized spacial score (nSPS) is 19.6. The number of nitrogens with zero attached hydrogens (tertiary/aromatic N) is 3. The van der Waals surface area contributed by atoms with Gasteiger partial charge in [0.25, 0.3) is 0 Å². The van der Waals surface area contributed by atoms with Gasteiger partial charge in [0, 0.05) is 5.02 Å². The van der Waals surface area contributed by atoms with E-state index in [4.69, 9.17) is 17.3 Å². The summed E-state index contributed by atoms with van der Waals surface area (Å²) in [6, 6.07) is 16.6. The largest absolute Gasteiger partial charge is 0.366 e. The van der Waals surface area contributed by atoms with Crippen LogP contribution in [0.15, 0.2) is 48.5 Å². The van der Waals surface area contributed by atoms with E-state index in [0.29, 0.717) is 5.95 Å². The molecule has 0 unspecified atom stereocenters. The van der Waals surface area contributed by atoms with Gasteiger partial charge < -0.3 is 11.1 Å². The minimum atomic E-state index is 0.0895. The Labute approximate surface area is 145 Å². The number of hydrogen-bond acceptors (Lipinski definition) is 4. The molecule has 4 rings (SSSR count). The molecule has 122 valence electrons. The van der Waals surface area contributed by atoms with E-state index in [2.05, 4.69) is 46.6 Å². The lowest BCUT2D eigenvalue weighted by atomic mass is 9.93. The van der Waals surface area contributed by atoms with Crippen LogP contribution < -0.4 is 11.1 Å². The lowest BCUT2D eigenvalue weighted by Gasteiger charge is -2.31. The average Bonchev–Trinajstić information content (AvgIpc) is 2.94. The Bertz CT molecular complexity index is 871. The zero-order valence-electron chi connectivity index (χ0n) is 13.3. The van der Waals surface area contributed by atoms with E-state index in [1.807, 2.05) is 28.9 Å². The lowest BCUT2D eigenvalue weighted by Crippen LogP contribution is -2.28. The van der Waals surface area contributed by atoms with Gasteiger partial charge in [-0.15, -0.1) is 5.10 Å². The topological polar surface area (TPSA) is 68.8 Å². The van der Waals surface area contributed by atoms with Crippen molar-refractivity contribution >= 4 is 23.5 Å². The molecular formula is C18H18ClN5. The van der Waals surface area contributed by atoms with Crippen molar-refractivity contribution in [3.63, 3.8) is 0 Å². The van der Waals surface area contributed by atoms with Crippen molar-refractivity contribution in [2.45, 2.75) is 25.4 Å². The van der Waals surface area contributed by atoms with Gasteiger partial charge in [-0.25, -0.2) is 4.68 Å². The molecule has 0 saturated carbocycles. The fourth-order valence-electron chi connectivity index (χ4n) is 3.26. The van der Waals surface area contributed by atoms with E-state index in [1.165, 1.54) is 16.7 Å². The number of anilines is 2. The summed E-state index contributed by atoms with van der Waals surface area (Å²) >= 11 is 6.01. The highest BCUT2D eigenvalue weighted by Crippen LogP contribution is 2.38. The number of halogens is 1. The van der Waals surface area contributed by atoms with Gasteiger partial charge in [0.2, 0.25) is 11.9 Å². The maximum atomic E-state index is 6.01. The number of aryl methyl sites for hydroxylation is 1. The van der Waals surface area contributed by atoms with E-state index in [-0.39, 0.29) is 18.0 Å². The monoisotopic (exact) mass is 339 g/mol. The van der Waals surface area contributed by atoms with E-state index in [0.717, 1.165) is 11.4 Å². The highest BCUT2D eigenvalue weighted by molar-refractivity contribution is 6.30. The molecule has 0 amide bonds. The molecular weight excluding hydrogens is 322 g/mol. The number of nitrogen functional groups attached to an aromatic ring is 1. The molecule has 0 radical (unpaired) electrons. The molecule has 3 N–H and O–H groups in total. The Kier molecular flexibility index (Phi) is 3.65. The maximum absolute atomic E-state index is 6.01. The third-order valence-corrected chi connectivity index (χ3v) is 4.66. The van der Waals surface area contributed by atoms with Crippen LogP contribution in [0.25, 0.3) is 0 Å². The summed E-state index contributed by atoms with van der Waals surface area (Å²) in [7, 11) is 0. The summed E-state index contributed by atoms with van der Waals surface area (Å²) in [5.41, 5.74) is 9.44. The molecule has 0 spiro atoms. The summed E-state index contributed by atoms with van der Waals surface area (Å²) in [6.07, 6.45) is 0.862. The zero-order valence-corrected chi connectivity index (χ0v) is 14.0. The van der Waals surface area contributed by atoms with Crippen LogP contribution >= 0.6 is 11.6 Å². The van der Waals surface area contributed by atoms with Gasteiger partial charge in [-0.3, -0.25) is 0 Å². The van der Waals surface area contributed by atoms with Crippen molar-refractivity contribution in [2.24, 2.45) is 0 Å². The number of nitrogens with one attached hydrogen (secondary N) is 1. The van der Waals surface area contributed by atoms with E-state index < -0.39 is 0 Å². The smallest absolute Gasteiger partial charge is 0.241 e. The van der Waals surface area contributed by atoms with Crippen LogP contribution in [-0.2, 0) is 0 Å². The molecule has 2 heterocycles. The maximum Gasteiger partial charge on any atom is 0.241 e. The zero-order chi connectivity index (χ0) is 16.7. The first-order valence-electron chi connectivity index (χ1n) is 7.91. The van der Waals surface area contributed by atoms with Crippen LogP contribution in [0.3, 0.4) is 0 Å².